The molecule has 0 spiro atoms. The van der Waals surface area contributed by atoms with E-state index in [0.29, 0.717) is 0 Å². The van der Waals surface area contributed by atoms with Crippen LogP contribution in [0.25, 0.3) is 0 Å². The molecule has 1 N–H and O–H groups in total. The summed E-state index contributed by atoms with van der Waals surface area (Å²) >= 11 is 0. The molecule has 1 heterocycles. The van der Waals surface area contributed by atoms with Crippen molar-refractivity contribution >= 4 is 5.97 Å². The van der Waals surface area contributed by atoms with Crippen molar-refractivity contribution in [3.8, 4) is 0 Å². The lowest BCUT2D eigenvalue weighted by Gasteiger charge is -2.04. The lowest BCUT2D eigenvalue weighted by atomic mass is 10.4. The predicted octanol–water partition coefficient (Wildman–Crippen LogP) is -0.0902. The Morgan fingerprint density at radius 3 is 2.67 bits per heavy atom. The molecule has 1 rings (SSSR count). The van der Waals surface area contributed by atoms with Crippen LogP contribution in [-0.2, 0) is 9.53 Å². The van der Waals surface area contributed by atoms with E-state index in [0.717, 1.165) is 6.54 Å². The number of nitrogens with one attached hydrogen (secondary N) is 1. The Hall–Kier alpha value is -0.570. The van der Waals surface area contributed by atoms with Crippen LogP contribution in [0.4, 0.5) is 0 Å². The number of esters is 1. The topological polar surface area (TPSA) is 48.2 Å². The van der Waals surface area contributed by atoms with Crippen molar-refractivity contribution in [3.63, 3.8) is 0 Å². The molecule has 1 fully saturated rings. The van der Waals surface area contributed by atoms with Crippen LogP contribution < -0.4 is 5.32 Å². The Bertz CT molecular complexity index is 118. The highest BCUT2D eigenvalue weighted by atomic mass is 16.5. The van der Waals surface area contributed by atoms with Gasteiger partial charge in [0.05, 0.1) is 6.10 Å². The van der Waals surface area contributed by atoms with Crippen LogP contribution in [0.3, 0.4) is 0 Å². The largest absolute Gasteiger partial charge is 0.462 e. The average Bonchev–Trinajstić information content (AvgIpc) is 2.40. The first-order valence-corrected chi connectivity index (χ1v) is 3.14. The van der Waals surface area contributed by atoms with Gasteiger partial charge in [0, 0.05) is 6.54 Å². The summed E-state index contributed by atoms with van der Waals surface area (Å²) in [6.45, 7) is 4.48. The molecule has 1 aliphatic rings. The normalized spacial score (nSPS) is 24.1. The van der Waals surface area contributed by atoms with E-state index in [9.17, 15) is 4.79 Å². The van der Waals surface area contributed by atoms with Crippen molar-refractivity contribution in [3.05, 3.63) is 0 Å². The fraction of sp³-hybridized carbons (Fsp3) is 0.833. The number of rotatable bonds is 2. The molecule has 0 radical (unpaired) electrons. The highest BCUT2D eigenvalue weighted by Gasteiger charge is 2.30. The molecule has 0 aromatic heterocycles. The summed E-state index contributed by atoms with van der Waals surface area (Å²) in [4.78, 5) is 10.7. The highest BCUT2D eigenvalue weighted by molar-refractivity contribution is 5.79. The maximum atomic E-state index is 10.7. The quantitative estimate of drug-likeness (QED) is 0.418. The first kappa shape index (κ1) is 6.55. The number of ether oxygens (including phenoxy) is 1. The third-order valence-corrected chi connectivity index (χ3v) is 1.04. The predicted molar refractivity (Wildman–Crippen MR) is 33.0 cm³/mol. The lowest BCUT2D eigenvalue weighted by molar-refractivity contribution is -0.146. The number of carbonyl (C=O) groups excluding carboxylic acids is 1. The van der Waals surface area contributed by atoms with Gasteiger partial charge in [0.25, 0.3) is 0 Å². The van der Waals surface area contributed by atoms with Crippen LogP contribution in [-0.4, -0.2) is 24.7 Å². The monoisotopic (exact) mass is 129 g/mol. The molecule has 0 aromatic carbocycles. The summed E-state index contributed by atoms with van der Waals surface area (Å²) in [5.74, 6) is -0.120. The third-order valence-electron chi connectivity index (χ3n) is 1.04. The summed E-state index contributed by atoms with van der Waals surface area (Å²) in [6, 6.07) is -0.00704. The van der Waals surface area contributed by atoms with Crippen LogP contribution >= 0.6 is 0 Å². The molecule has 1 aliphatic heterocycles. The van der Waals surface area contributed by atoms with Gasteiger partial charge in [-0.15, -0.1) is 0 Å². The minimum absolute atomic E-state index is 0.00704. The van der Waals surface area contributed by atoms with Gasteiger partial charge in [0.2, 0.25) is 0 Å². The van der Waals surface area contributed by atoms with E-state index in [4.69, 9.17) is 4.74 Å². The van der Waals surface area contributed by atoms with Crippen LogP contribution in [0.5, 0.6) is 0 Å². The van der Waals surface area contributed by atoms with E-state index < -0.39 is 0 Å². The Morgan fingerprint density at radius 1 is 1.78 bits per heavy atom. The zero-order chi connectivity index (χ0) is 6.85. The third kappa shape index (κ3) is 2.01. The van der Waals surface area contributed by atoms with Gasteiger partial charge < -0.3 is 10.1 Å². The SMILES string of the molecule is CC(C)OC(=O)[C@H]1CN1. The fourth-order valence-corrected chi connectivity index (χ4v) is 0.540. The number of hydrogen-bond acceptors (Lipinski definition) is 3. The van der Waals surface area contributed by atoms with Gasteiger partial charge in [-0.05, 0) is 13.8 Å². The number of carbonyl (C=O) groups is 1. The van der Waals surface area contributed by atoms with Gasteiger partial charge in [-0.1, -0.05) is 0 Å². The minimum atomic E-state index is -0.120. The van der Waals surface area contributed by atoms with Crippen molar-refractivity contribution in [2.45, 2.75) is 26.0 Å². The Balaban J connectivity index is 2.18. The van der Waals surface area contributed by atoms with Gasteiger partial charge in [-0.3, -0.25) is 4.79 Å². The van der Waals surface area contributed by atoms with Crippen LogP contribution in [0, 0.1) is 0 Å². The van der Waals surface area contributed by atoms with Crippen molar-refractivity contribution in [1.29, 1.82) is 0 Å². The first-order valence-electron chi connectivity index (χ1n) is 3.14. The van der Waals surface area contributed by atoms with E-state index in [1.165, 1.54) is 0 Å². The molecule has 0 bridgehead atoms. The van der Waals surface area contributed by atoms with Crippen molar-refractivity contribution < 1.29 is 9.53 Å². The average molecular weight is 129 g/mol. The molecule has 0 unspecified atom stereocenters. The highest BCUT2D eigenvalue weighted by Crippen LogP contribution is 2.01. The van der Waals surface area contributed by atoms with Crippen LogP contribution in [0.1, 0.15) is 13.8 Å². The van der Waals surface area contributed by atoms with Crippen LogP contribution in [0.15, 0.2) is 0 Å². The molecule has 0 amide bonds. The summed E-state index contributed by atoms with van der Waals surface area (Å²) in [5, 5.41) is 2.86. The van der Waals surface area contributed by atoms with Crippen molar-refractivity contribution in [2.24, 2.45) is 0 Å². The maximum Gasteiger partial charge on any atom is 0.324 e. The summed E-state index contributed by atoms with van der Waals surface area (Å²) < 4.78 is 4.87. The molecule has 1 atom stereocenters. The molecule has 0 saturated carbocycles. The summed E-state index contributed by atoms with van der Waals surface area (Å²) in [6.07, 6.45) is 0.0138. The maximum absolute atomic E-state index is 10.7. The second kappa shape index (κ2) is 2.35. The van der Waals surface area contributed by atoms with Gasteiger partial charge in [0.1, 0.15) is 6.04 Å². The summed E-state index contributed by atoms with van der Waals surface area (Å²) in [7, 11) is 0. The second-order valence-electron chi connectivity index (χ2n) is 2.45. The van der Waals surface area contributed by atoms with Crippen molar-refractivity contribution in [2.75, 3.05) is 6.54 Å². The minimum Gasteiger partial charge on any atom is -0.462 e. The molecule has 52 valence electrons. The molecule has 0 aromatic rings. The van der Waals surface area contributed by atoms with Gasteiger partial charge in [0.15, 0.2) is 0 Å². The molecular weight excluding hydrogens is 118 g/mol. The molecule has 9 heavy (non-hydrogen) atoms. The van der Waals surface area contributed by atoms with E-state index in [-0.39, 0.29) is 18.1 Å². The molecular formula is C6H11NO2. The van der Waals surface area contributed by atoms with E-state index in [1.54, 1.807) is 0 Å². The Morgan fingerprint density at radius 2 is 2.33 bits per heavy atom. The first-order chi connectivity index (χ1) is 4.20. The van der Waals surface area contributed by atoms with Gasteiger partial charge >= 0.3 is 5.97 Å². The fourth-order valence-electron chi connectivity index (χ4n) is 0.540. The molecule has 0 aliphatic carbocycles. The molecule has 3 nitrogen and oxygen atoms in total. The Labute approximate surface area is 54.4 Å². The standard InChI is InChI=1S/C6H11NO2/c1-4(2)9-6(8)5-3-7-5/h4-5,7H,3H2,1-2H3/t5-/m1/s1. The zero-order valence-electron chi connectivity index (χ0n) is 5.68. The molecule has 3 heteroatoms. The zero-order valence-corrected chi connectivity index (χ0v) is 5.68. The van der Waals surface area contributed by atoms with E-state index in [2.05, 4.69) is 5.32 Å². The van der Waals surface area contributed by atoms with Gasteiger partial charge in [-0.25, -0.2) is 0 Å². The van der Waals surface area contributed by atoms with E-state index in [1.807, 2.05) is 13.8 Å². The number of hydrogen-bond donors (Lipinski definition) is 1. The van der Waals surface area contributed by atoms with Gasteiger partial charge in [-0.2, -0.15) is 0 Å². The molecule has 1 saturated heterocycles. The smallest absolute Gasteiger partial charge is 0.324 e. The second-order valence-corrected chi connectivity index (χ2v) is 2.45. The lowest BCUT2D eigenvalue weighted by Crippen LogP contribution is -2.18. The van der Waals surface area contributed by atoms with Crippen LogP contribution in [0.2, 0.25) is 0 Å². The summed E-state index contributed by atoms with van der Waals surface area (Å²) in [5.41, 5.74) is 0. The van der Waals surface area contributed by atoms with Crippen molar-refractivity contribution in [1.82, 2.24) is 5.32 Å². The Kier molecular flexibility index (Phi) is 1.71. The van der Waals surface area contributed by atoms with E-state index >= 15 is 0 Å².